The Morgan fingerprint density at radius 1 is 1.06 bits per heavy atom. The first-order valence-electron chi connectivity index (χ1n) is 10.9. The van der Waals surface area contributed by atoms with Crippen molar-refractivity contribution in [1.82, 2.24) is 25.1 Å². The Morgan fingerprint density at radius 2 is 1.70 bits per heavy atom. The zero-order valence-corrected chi connectivity index (χ0v) is 19.7. The van der Waals surface area contributed by atoms with E-state index in [0.29, 0.717) is 38.6 Å². The van der Waals surface area contributed by atoms with E-state index in [9.17, 15) is 14.4 Å². The van der Waals surface area contributed by atoms with Gasteiger partial charge in [0.2, 0.25) is 5.91 Å². The predicted octanol–water partition coefficient (Wildman–Crippen LogP) is 2.85. The van der Waals surface area contributed by atoms with Crippen LogP contribution in [-0.4, -0.2) is 76.5 Å². The zero-order valence-electron chi connectivity index (χ0n) is 19.0. The summed E-state index contributed by atoms with van der Waals surface area (Å²) in [5, 5.41) is 2.94. The van der Waals surface area contributed by atoms with Crippen LogP contribution in [0.4, 0.5) is 4.79 Å². The van der Waals surface area contributed by atoms with Crippen LogP contribution in [0.25, 0.3) is 11.4 Å². The lowest BCUT2D eigenvalue weighted by atomic mass is 10.0. The maximum Gasteiger partial charge on any atom is 0.409 e. The summed E-state index contributed by atoms with van der Waals surface area (Å²) in [5.74, 6) is -0.537. The first-order chi connectivity index (χ1) is 15.8. The van der Waals surface area contributed by atoms with Gasteiger partial charge in [0, 0.05) is 37.8 Å². The minimum absolute atomic E-state index is 0.0828. The van der Waals surface area contributed by atoms with Crippen molar-refractivity contribution in [2.24, 2.45) is 5.92 Å². The number of piperazine rings is 1. The van der Waals surface area contributed by atoms with Gasteiger partial charge in [-0.25, -0.2) is 14.8 Å². The van der Waals surface area contributed by atoms with E-state index >= 15 is 0 Å². The quantitative estimate of drug-likeness (QED) is 0.647. The van der Waals surface area contributed by atoms with Gasteiger partial charge in [-0.05, 0) is 12.8 Å². The molecule has 0 radical (unpaired) electrons. The van der Waals surface area contributed by atoms with E-state index < -0.39 is 11.9 Å². The molecular weight excluding hydrogens is 446 g/mol. The summed E-state index contributed by atoms with van der Waals surface area (Å²) >= 11 is 6.14. The molecule has 33 heavy (non-hydrogen) atoms. The second-order valence-electron chi connectivity index (χ2n) is 7.97. The molecule has 10 heteroatoms. The van der Waals surface area contributed by atoms with Gasteiger partial charge in [-0.2, -0.15) is 0 Å². The molecule has 0 saturated carbocycles. The van der Waals surface area contributed by atoms with Crippen LogP contribution in [-0.2, 0) is 9.53 Å². The van der Waals surface area contributed by atoms with E-state index in [1.54, 1.807) is 16.7 Å². The number of ether oxygens (including phenoxy) is 1. The number of aromatic nitrogens is 2. The number of nitrogens with one attached hydrogen (secondary N) is 1. The van der Waals surface area contributed by atoms with Gasteiger partial charge in [0.25, 0.3) is 5.91 Å². The van der Waals surface area contributed by atoms with Gasteiger partial charge in [-0.1, -0.05) is 55.8 Å². The van der Waals surface area contributed by atoms with Crippen molar-refractivity contribution < 1.29 is 19.1 Å². The highest BCUT2D eigenvalue weighted by Crippen LogP contribution is 2.18. The fourth-order valence-electron chi connectivity index (χ4n) is 3.50. The molecule has 1 aromatic carbocycles. The molecule has 0 aliphatic carbocycles. The Bertz CT molecular complexity index is 994. The van der Waals surface area contributed by atoms with E-state index in [1.165, 1.54) is 6.07 Å². The molecule has 1 aliphatic rings. The molecule has 1 N–H and O–H groups in total. The van der Waals surface area contributed by atoms with Crippen LogP contribution in [0.3, 0.4) is 0 Å². The number of carbonyl (C=O) groups is 3. The molecule has 176 valence electrons. The normalized spacial score (nSPS) is 14.7. The third-order valence-electron chi connectivity index (χ3n) is 5.30. The molecule has 1 atom stereocenters. The van der Waals surface area contributed by atoms with Gasteiger partial charge in [0.05, 0.1) is 6.61 Å². The number of nitrogens with zero attached hydrogens (tertiary/aromatic N) is 4. The molecule has 1 unspecified atom stereocenters. The van der Waals surface area contributed by atoms with Crippen molar-refractivity contribution in [3.63, 3.8) is 0 Å². The Balaban J connectivity index is 1.70. The molecule has 0 spiro atoms. The average Bonchev–Trinajstić information content (AvgIpc) is 2.82. The van der Waals surface area contributed by atoms with Gasteiger partial charge in [0.15, 0.2) is 5.82 Å². The van der Waals surface area contributed by atoms with Crippen LogP contribution >= 0.6 is 11.6 Å². The van der Waals surface area contributed by atoms with Crippen molar-refractivity contribution >= 4 is 29.5 Å². The lowest BCUT2D eigenvalue weighted by Gasteiger charge is -2.36. The smallest absolute Gasteiger partial charge is 0.409 e. The first-order valence-corrected chi connectivity index (χ1v) is 11.3. The van der Waals surface area contributed by atoms with Gasteiger partial charge in [-0.15, -0.1) is 0 Å². The minimum Gasteiger partial charge on any atom is -0.450 e. The first kappa shape index (κ1) is 24.4. The molecule has 9 nitrogen and oxygen atoms in total. The van der Waals surface area contributed by atoms with Gasteiger partial charge in [0.1, 0.15) is 16.9 Å². The summed E-state index contributed by atoms with van der Waals surface area (Å²) in [6, 6.07) is 9.83. The molecule has 1 fully saturated rings. The third-order valence-corrected chi connectivity index (χ3v) is 5.49. The van der Waals surface area contributed by atoms with Crippen molar-refractivity contribution in [3.05, 3.63) is 47.2 Å². The fourth-order valence-corrected chi connectivity index (χ4v) is 3.68. The van der Waals surface area contributed by atoms with Crippen LogP contribution in [0, 0.1) is 5.92 Å². The van der Waals surface area contributed by atoms with E-state index in [-0.39, 0.29) is 28.8 Å². The van der Waals surface area contributed by atoms with Gasteiger partial charge in [-0.3, -0.25) is 9.59 Å². The molecule has 2 aromatic rings. The summed E-state index contributed by atoms with van der Waals surface area (Å²) in [4.78, 5) is 49.8. The monoisotopic (exact) mass is 473 g/mol. The number of hydrogen-bond donors (Lipinski definition) is 1. The highest BCUT2D eigenvalue weighted by atomic mass is 35.5. The zero-order chi connectivity index (χ0) is 24.0. The van der Waals surface area contributed by atoms with Crippen LogP contribution in [0.1, 0.15) is 31.3 Å². The Hall–Kier alpha value is -3.20. The predicted molar refractivity (Wildman–Crippen MR) is 124 cm³/mol. The number of carbonyl (C=O) groups excluding carboxylic acids is 3. The number of benzene rings is 1. The molecule has 2 heterocycles. The summed E-state index contributed by atoms with van der Waals surface area (Å²) in [5.41, 5.74) is 0.810. The van der Waals surface area contributed by atoms with Crippen molar-refractivity contribution in [2.75, 3.05) is 32.8 Å². The van der Waals surface area contributed by atoms with E-state index in [4.69, 9.17) is 16.3 Å². The molecule has 3 amide bonds. The molecular formula is C23H28ClN5O4. The SMILES string of the molecule is CCOC(=O)N1CCN(C(=O)C(NC(=O)c2cc(Cl)nc(-c3ccccc3)n2)C(C)C)CC1. The van der Waals surface area contributed by atoms with Crippen LogP contribution < -0.4 is 5.32 Å². The van der Waals surface area contributed by atoms with E-state index in [0.717, 1.165) is 5.56 Å². The molecule has 1 aromatic heterocycles. The van der Waals surface area contributed by atoms with Crippen molar-refractivity contribution in [2.45, 2.75) is 26.8 Å². The molecule has 0 bridgehead atoms. The summed E-state index contributed by atoms with van der Waals surface area (Å²) in [6.45, 7) is 7.28. The number of hydrogen-bond acceptors (Lipinski definition) is 6. The molecule has 1 saturated heterocycles. The summed E-state index contributed by atoms with van der Waals surface area (Å²) < 4.78 is 5.02. The Morgan fingerprint density at radius 3 is 2.30 bits per heavy atom. The third kappa shape index (κ3) is 6.19. The maximum absolute atomic E-state index is 13.2. The van der Waals surface area contributed by atoms with Crippen molar-refractivity contribution in [1.29, 1.82) is 0 Å². The van der Waals surface area contributed by atoms with Gasteiger partial charge >= 0.3 is 6.09 Å². The largest absolute Gasteiger partial charge is 0.450 e. The van der Waals surface area contributed by atoms with E-state index in [1.807, 2.05) is 44.2 Å². The molecule has 3 rings (SSSR count). The van der Waals surface area contributed by atoms with E-state index in [2.05, 4.69) is 15.3 Å². The molecule has 1 aliphatic heterocycles. The Kier molecular flexibility index (Phi) is 8.21. The standard InChI is InChI=1S/C23H28ClN5O4/c1-4-33-23(32)29-12-10-28(11-13-29)22(31)19(15(2)3)27-21(30)17-14-18(24)26-20(25-17)16-8-6-5-7-9-16/h5-9,14-15,19H,4,10-13H2,1-3H3,(H,27,30). The number of halogens is 1. The van der Waals surface area contributed by atoms with Crippen LogP contribution in [0.5, 0.6) is 0 Å². The minimum atomic E-state index is -0.749. The summed E-state index contributed by atoms with van der Waals surface area (Å²) in [6.07, 6.45) is -0.381. The Labute approximate surface area is 198 Å². The maximum atomic E-state index is 13.2. The van der Waals surface area contributed by atoms with Crippen molar-refractivity contribution in [3.8, 4) is 11.4 Å². The average molecular weight is 474 g/mol. The van der Waals surface area contributed by atoms with Crippen LogP contribution in [0.2, 0.25) is 5.15 Å². The fraction of sp³-hybridized carbons (Fsp3) is 0.435. The highest BCUT2D eigenvalue weighted by Gasteiger charge is 2.32. The number of amides is 3. The van der Waals surface area contributed by atoms with Gasteiger partial charge < -0.3 is 19.9 Å². The van der Waals surface area contributed by atoms with Crippen LogP contribution in [0.15, 0.2) is 36.4 Å². The lowest BCUT2D eigenvalue weighted by Crippen LogP contribution is -2.57. The number of rotatable bonds is 6. The lowest BCUT2D eigenvalue weighted by molar-refractivity contribution is -0.135. The summed E-state index contributed by atoms with van der Waals surface area (Å²) in [7, 11) is 0. The second kappa shape index (κ2) is 11.1. The topological polar surface area (TPSA) is 105 Å². The second-order valence-corrected chi connectivity index (χ2v) is 8.36. The highest BCUT2D eigenvalue weighted by molar-refractivity contribution is 6.29.